The molecule has 1 aromatic carbocycles. The molecule has 0 aliphatic rings. The highest BCUT2D eigenvalue weighted by atomic mass is 35.5. The van der Waals surface area contributed by atoms with Crippen molar-refractivity contribution in [2.24, 2.45) is 11.1 Å². The van der Waals surface area contributed by atoms with Gasteiger partial charge < -0.3 is 9.64 Å². The van der Waals surface area contributed by atoms with Crippen LogP contribution in [0.1, 0.15) is 24.2 Å². The third kappa shape index (κ3) is 4.33. The van der Waals surface area contributed by atoms with E-state index in [9.17, 15) is 13.2 Å². The maximum absolute atomic E-state index is 12.4. The molecule has 118 valence electrons. The standard InChI is InChI=1S/C13H19ClN2O4S/c1-8(2)7-16(3)13(17)10-5-9(14)6-11(12(10)20-4)21(15,18)19/h5-6,8H,7H2,1-4H3,(H2,15,18,19). The molecule has 21 heavy (non-hydrogen) atoms. The first-order chi connectivity index (χ1) is 9.57. The Morgan fingerprint density at radius 3 is 2.43 bits per heavy atom. The molecule has 0 fully saturated rings. The first kappa shape index (κ1) is 17.7. The third-order valence-electron chi connectivity index (χ3n) is 2.75. The largest absolute Gasteiger partial charge is 0.494 e. The van der Waals surface area contributed by atoms with Gasteiger partial charge in [0.15, 0.2) is 5.75 Å². The van der Waals surface area contributed by atoms with Crippen LogP contribution in [0.25, 0.3) is 0 Å². The van der Waals surface area contributed by atoms with E-state index in [0.717, 1.165) is 6.07 Å². The number of amides is 1. The van der Waals surface area contributed by atoms with Crippen molar-refractivity contribution in [3.63, 3.8) is 0 Å². The lowest BCUT2D eigenvalue weighted by molar-refractivity contribution is 0.0775. The van der Waals surface area contributed by atoms with E-state index >= 15 is 0 Å². The average Bonchev–Trinajstić information content (AvgIpc) is 2.34. The molecule has 0 unspecified atom stereocenters. The van der Waals surface area contributed by atoms with Crippen LogP contribution < -0.4 is 9.88 Å². The fourth-order valence-electron chi connectivity index (χ4n) is 1.99. The lowest BCUT2D eigenvalue weighted by atomic mass is 10.1. The van der Waals surface area contributed by atoms with E-state index in [1.807, 2.05) is 13.8 Å². The Labute approximate surface area is 129 Å². The van der Waals surface area contributed by atoms with Crippen molar-refractivity contribution in [1.29, 1.82) is 0 Å². The number of nitrogens with zero attached hydrogens (tertiary/aromatic N) is 1. The quantitative estimate of drug-likeness (QED) is 0.887. The van der Waals surface area contributed by atoms with E-state index in [1.165, 1.54) is 18.1 Å². The number of ether oxygens (including phenoxy) is 1. The van der Waals surface area contributed by atoms with Crippen LogP contribution in [0.2, 0.25) is 5.02 Å². The maximum atomic E-state index is 12.4. The highest BCUT2D eigenvalue weighted by molar-refractivity contribution is 7.89. The molecular weight excluding hydrogens is 316 g/mol. The first-order valence-electron chi connectivity index (χ1n) is 6.23. The summed E-state index contributed by atoms with van der Waals surface area (Å²) >= 11 is 5.89. The molecule has 0 aliphatic heterocycles. The molecule has 0 radical (unpaired) electrons. The van der Waals surface area contributed by atoms with Gasteiger partial charge in [-0.05, 0) is 18.1 Å². The van der Waals surface area contributed by atoms with Crippen molar-refractivity contribution in [2.75, 3.05) is 20.7 Å². The van der Waals surface area contributed by atoms with Gasteiger partial charge >= 0.3 is 0 Å². The topological polar surface area (TPSA) is 89.7 Å². The van der Waals surface area contributed by atoms with Crippen LogP contribution in [-0.2, 0) is 10.0 Å². The zero-order chi connectivity index (χ0) is 16.4. The summed E-state index contributed by atoms with van der Waals surface area (Å²) in [5, 5.41) is 5.23. The van der Waals surface area contributed by atoms with Gasteiger partial charge in [-0.15, -0.1) is 0 Å². The second-order valence-electron chi connectivity index (χ2n) is 5.11. The van der Waals surface area contributed by atoms with Crippen LogP contribution in [-0.4, -0.2) is 39.9 Å². The summed E-state index contributed by atoms with van der Waals surface area (Å²) < 4.78 is 28.3. The van der Waals surface area contributed by atoms with E-state index in [4.69, 9.17) is 21.5 Å². The number of hydrogen-bond donors (Lipinski definition) is 1. The summed E-state index contributed by atoms with van der Waals surface area (Å²) in [5.41, 5.74) is 0.0668. The molecule has 0 aromatic heterocycles. The number of nitrogens with two attached hydrogens (primary N) is 1. The number of sulfonamides is 1. The van der Waals surface area contributed by atoms with Crippen molar-refractivity contribution in [2.45, 2.75) is 18.7 Å². The van der Waals surface area contributed by atoms with E-state index in [-0.39, 0.29) is 33.1 Å². The number of methoxy groups -OCH3 is 1. The van der Waals surface area contributed by atoms with E-state index in [0.29, 0.717) is 6.54 Å². The lowest BCUT2D eigenvalue weighted by Gasteiger charge is -2.21. The Balaban J connectivity index is 3.43. The van der Waals surface area contributed by atoms with Gasteiger partial charge in [0.2, 0.25) is 10.0 Å². The van der Waals surface area contributed by atoms with Crippen molar-refractivity contribution >= 4 is 27.5 Å². The third-order valence-corrected chi connectivity index (χ3v) is 3.88. The van der Waals surface area contributed by atoms with Crippen LogP contribution in [0.4, 0.5) is 0 Å². The van der Waals surface area contributed by atoms with Crippen molar-refractivity contribution in [3.05, 3.63) is 22.7 Å². The van der Waals surface area contributed by atoms with Gasteiger partial charge in [0.25, 0.3) is 5.91 Å². The Bertz CT molecular complexity index is 644. The summed E-state index contributed by atoms with van der Waals surface area (Å²) in [7, 11) is -1.15. The fourth-order valence-corrected chi connectivity index (χ4v) is 3.01. The van der Waals surface area contributed by atoms with Gasteiger partial charge in [0.05, 0.1) is 12.7 Å². The molecule has 0 atom stereocenters. The SMILES string of the molecule is COc1c(C(=O)N(C)CC(C)C)cc(Cl)cc1S(N)(=O)=O. The zero-order valence-electron chi connectivity index (χ0n) is 12.4. The molecule has 0 saturated carbocycles. The predicted molar refractivity (Wildman–Crippen MR) is 81.2 cm³/mol. The van der Waals surface area contributed by atoms with Crippen LogP contribution >= 0.6 is 11.6 Å². The van der Waals surface area contributed by atoms with Gasteiger partial charge in [-0.2, -0.15) is 0 Å². The number of carbonyl (C=O) groups is 1. The maximum Gasteiger partial charge on any atom is 0.257 e. The number of hydrogen-bond acceptors (Lipinski definition) is 4. The van der Waals surface area contributed by atoms with Crippen LogP contribution in [0.5, 0.6) is 5.75 Å². The summed E-state index contributed by atoms with van der Waals surface area (Å²) in [4.78, 5) is 13.6. The number of primary sulfonamides is 1. The average molecular weight is 335 g/mol. The highest BCUT2D eigenvalue weighted by Gasteiger charge is 2.25. The second-order valence-corrected chi connectivity index (χ2v) is 7.08. The van der Waals surface area contributed by atoms with Crippen LogP contribution in [0.15, 0.2) is 17.0 Å². The summed E-state index contributed by atoms with van der Waals surface area (Å²) in [6.45, 7) is 4.45. The second kappa shape index (κ2) is 6.64. The van der Waals surface area contributed by atoms with Crippen molar-refractivity contribution in [3.8, 4) is 5.75 Å². The Morgan fingerprint density at radius 1 is 1.43 bits per heavy atom. The fraction of sp³-hybridized carbons (Fsp3) is 0.462. The Hall–Kier alpha value is -1.31. The normalized spacial score (nSPS) is 11.6. The molecule has 0 spiro atoms. The van der Waals surface area contributed by atoms with Gasteiger partial charge in [0, 0.05) is 18.6 Å². The Kier molecular flexibility index (Phi) is 5.61. The van der Waals surface area contributed by atoms with Gasteiger partial charge in [-0.3, -0.25) is 4.79 Å². The molecule has 2 N–H and O–H groups in total. The summed E-state index contributed by atoms with van der Waals surface area (Å²) in [6, 6.07) is 2.53. The number of halogens is 1. The van der Waals surface area contributed by atoms with E-state index in [1.54, 1.807) is 7.05 Å². The van der Waals surface area contributed by atoms with Gasteiger partial charge in [0.1, 0.15) is 4.90 Å². The molecule has 0 saturated heterocycles. The van der Waals surface area contributed by atoms with E-state index < -0.39 is 10.0 Å². The molecule has 1 rings (SSSR count). The highest BCUT2D eigenvalue weighted by Crippen LogP contribution is 2.31. The zero-order valence-corrected chi connectivity index (χ0v) is 14.0. The minimum atomic E-state index is -4.05. The minimum absolute atomic E-state index is 0.0668. The minimum Gasteiger partial charge on any atom is -0.494 e. The predicted octanol–water partition coefficient (Wildman–Crippen LogP) is 1.72. The van der Waals surface area contributed by atoms with Gasteiger partial charge in [-0.1, -0.05) is 25.4 Å². The molecule has 0 bridgehead atoms. The van der Waals surface area contributed by atoms with Crippen molar-refractivity contribution in [1.82, 2.24) is 4.90 Å². The monoisotopic (exact) mass is 334 g/mol. The molecule has 0 heterocycles. The number of carbonyl (C=O) groups excluding carboxylic acids is 1. The number of benzene rings is 1. The lowest BCUT2D eigenvalue weighted by Crippen LogP contribution is -2.31. The smallest absolute Gasteiger partial charge is 0.257 e. The summed E-state index contributed by atoms with van der Waals surface area (Å²) in [6.07, 6.45) is 0. The first-order valence-corrected chi connectivity index (χ1v) is 8.16. The van der Waals surface area contributed by atoms with Crippen LogP contribution in [0.3, 0.4) is 0 Å². The van der Waals surface area contributed by atoms with E-state index in [2.05, 4.69) is 0 Å². The molecule has 8 heteroatoms. The number of rotatable bonds is 5. The van der Waals surface area contributed by atoms with Crippen molar-refractivity contribution < 1.29 is 17.9 Å². The Morgan fingerprint density at radius 2 is 2.00 bits per heavy atom. The molecule has 1 aromatic rings. The molecule has 0 aliphatic carbocycles. The molecular formula is C13H19ClN2O4S. The molecule has 6 nitrogen and oxygen atoms in total. The summed E-state index contributed by atoms with van der Waals surface area (Å²) in [5.74, 6) is -0.211. The molecule has 1 amide bonds. The van der Waals surface area contributed by atoms with Gasteiger partial charge in [-0.25, -0.2) is 13.6 Å². The van der Waals surface area contributed by atoms with Crippen LogP contribution in [0, 0.1) is 5.92 Å².